The largest absolute Gasteiger partial charge is 0.507 e. The van der Waals surface area contributed by atoms with Crippen LogP contribution in [0.5, 0.6) is 5.75 Å². The Morgan fingerprint density at radius 1 is 0.976 bits per heavy atom. The van der Waals surface area contributed by atoms with Crippen molar-refractivity contribution in [3.8, 4) is 5.75 Å². The fourth-order valence-corrected chi connectivity index (χ4v) is 5.67. The first kappa shape index (κ1) is 27.8. The maximum absolute atomic E-state index is 13.4. The third-order valence-corrected chi connectivity index (χ3v) is 8.12. The second kappa shape index (κ2) is 11.4. The summed E-state index contributed by atoms with van der Waals surface area (Å²) in [6.45, 7) is 5.96. The number of methoxy groups -OCH3 is 1. The summed E-state index contributed by atoms with van der Waals surface area (Å²) in [5, 5.41) is 11.6. The van der Waals surface area contributed by atoms with Crippen LogP contribution in [0.25, 0.3) is 5.76 Å². The summed E-state index contributed by atoms with van der Waals surface area (Å²) in [4.78, 5) is 45.0. The molecule has 41 heavy (non-hydrogen) atoms. The monoisotopic (exact) mass is 568 g/mol. The molecule has 208 valence electrons. The van der Waals surface area contributed by atoms with Crippen molar-refractivity contribution in [3.63, 3.8) is 0 Å². The van der Waals surface area contributed by atoms with Crippen molar-refractivity contribution < 1.29 is 29.0 Å². The number of thiazole rings is 1. The Morgan fingerprint density at radius 3 is 2.32 bits per heavy atom. The molecule has 9 heteroatoms. The van der Waals surface area contributed by atoms with Crippen molar-refractivity contribution in [2.45, 2.75) is 33.4 Å². The number of nitrogens with zero attached hydrogens (tertiary/aromatic N) is 2. The number of aromatic nitrogens is 1. The van der Waals surface area contributed by atoms with Crippen molar-refractivity contribution >= 4 is 39.9 Å². The van der Waals surface area contributed by atoms with E-state index < -0.39 is 23.7 Å². The second-order valence-electron chi connectivity index (χ2n) is 9.72. The summed E-state index contributed by atoms with van der Waals surface area (Å²) in [6, 6.07) is 21.0. The molecule has 1 amide bonds. The Kier molecular flexibility index (Phi) is 7.72. The molecule has 0 radical (unpaired) electrons. The lowest BCUT2D eigenvalue weighted by Gasteiger charge is -2.23. The third-order valence-electron chi connectivity index (χ3n) is 6.98. The van der Waals surface area contributed by atoms with E-state index >= 15 is 0 Å². The lowest BCUT2D eigenvalue weighted by molar-refractivity contribution is -0.132. The van der Waals surface area contributed by atoms with Crippen LogP contribution in [-0.4, -0.2) is 34.9 Å². The van der Waals surface area contributed by atoms with Crippen LogP contribution in [0.4, 0.5) is 5.13 Å². The molecule has 1 saturated heterocycles. The predicted octanol–water partition coefficient (Wildman–Crippen LogP) is 6.06. The molecule has 0 saturated carbocycles. The van der Waals surface area contributed by atoms with Gasteiger partial charge in [0, 0.05) is 5.56 Å². The summed E-state index contributed by atoms with van der Waals surface area (Å²) >= 11 is 0.959. The zero-order chi connectivity index (χ0) is 29.3. The molecular weight excluding hydrogens is 540 g/mol. The van der Waals surface area contributed by atoms with Crippen molar-refractivity contribution in [3.05, 3.63) is 117 Å². The average Bonchev–Trinajstić information content (AvgIpc) is 3.48. The fraction of sp³-hybridized carbons (Fsp3) is 0.188. The zero-order valence-electron chi connectivity index (χ0n) is 23.0. The lowest BCUT2D eigenvalue weighted by atomic mass is 9.95. The van der Waals surface area contributed by atoms with Gasteiger partial charge in [0.1, 0.15) is 23.0 Å². The number of aliphatic hydroxyl groups is 1. The molecule has 2 heterocycles. The Hall–Kier alpha value is -4.76. The molecule has 3 aromatic carbocycles. The number of esters is 1. The predicted molar refractivity (Wildman–Crippen MR) is 156 cm³/mol. The summed E-state index contributed by atoms with van der Waals surface area (Å²) in [5.74, 6) is -2.00. The van der Waals surface area contributed by atoms with E-state index in [1.807, 2.05) is 50.2 Å². The topological polar surface area (TPSA) is 106 Å². The van der Waals surface area contributed by atoms with Crippen LogP contribution in [-0.2, 0) is 20.9 Å². The number of benzene rings is 3. The fourth-order valence-electron chi connectivity index (χ4n) is 4.66. The maximum atomic E-state index is 13.4. The van der Waals surface area contributed by atoms with E-state index in [-0.39, 0.29) is 21.3 Å². The van der Waals surface area contributed by atoms with E-state index in [0.29, 0.717) is 29.2 Å². The van der Waals surface area contributed by atoms with E-state index in [4.69, 9.17) is 9.47 Å². The van der Waals surface area contributed by atoms with Gasteiger partial charge in [-0.2, -0.15) is 0 Å². The van der Waals surface area contributed by atoms with Crippen LogP contribution >= 0.6 is 11.3 Å². The van der Waals surface area contributed by atoms with Crippen LogP contribution in [0, 0.1) is 20.8 Å². The Morgan fingerprint density at radius 2 is 1.66 bits per heavy atom. The molecule has 1 fully saturated rings. The van der Waals surface area contributed by atoms with E-state index in [9.17, 15) is 19.5 Å². The van der Waals surface area contributed by atoms with E-state index in [1.165, 1.54) is 12.0 Å². The highest BCUT2D eigenvalue weighted by Crippen LogP contribution is 2.44. The Bertz CT molecular complexity index is 1670. The number of hydrogen-bond acceptors (Lipinski definition) is 8. The van der Waals surface area contributed by atoms with Gasteiger partial charge in [-0.25, -0.2) is 9.78 Å². The van der Waals surface area contributed by atoms with Crippen LogP contribution in [0.1, 0.15) is 49.2 Å². The number of ether oxygens (including phenoxy) is 2. The number of anilines is 1. The molecule has 1 aromatic heterocycles. The van der Waals surface area contributed by atoms with Crippen LogP contribution < -0.4 is 9.64 Å². The van der Waals surface area contributed by atoms with E-state index in [0.717, 1.165) is 28.0 Å². The third kappa shape index (κ3) is 5.36. The quantitative estimate of drug-likeness (QED) is 0.125. The highest BCUT2D eigenvalue weighted by molar-refractivity contribution is 7.17. The highest BCUT2D eigenvalue weighted by atomic mass is 32.1. The SMILES string of the molecule is COC(=O)c1sc(N2C(=O)C(=O)/C(=C(/O)c3ccc(OCc4ccccc4C)cc3)C2c2ccc(C)cc2)nc1C. The maximum Gasteiger partial charge on any atom is 0.350 e. The number of aliphatic hydroxyl groups excluding tert-OH is 1. The minimum absolute atomic E-state index is 0.0695. The van der Waals surface area contributed by atoms with Crippen molar-refractivity contribution in [2.75, 3.05) is 12.0 Å². The second-order valence-corrected chi connectivity index (χ2v) is 10.7. The van der Waals surface area contributed by atoms with Crippen molar-refractivity contribution in [1.29, 1.82) is 0 Å². The van der Waals surface area contributed by atoms with Gasteiger partial charge < -0.3 is 14.6 Å². The molecule has 0 aliphatic carbocycles. The van der Waals surface area contributed by atoms with Gasteiger partial charge in [0.25, 0.3) is 5.78 Å². The van der Waals surface area contributed by atoms with Crippen molar-refractivity contribution in [2.24, 2.45) is 0 Å². The standard InChI is InChI=1S/C32H28N2O6S/c1-18-9-11-21(12-10-18)26-25(28(36)30(37)34(26)32-33-20(3)29(41-32)31(38)39-4)27(35)22-13-15-24(16-14-22)40-17-23-8-6-5-7-19(23)2/h5-16,26,35H,17H2,1-4H3/b27-25+. The number of rotatable bonds is 7. The number of ketones is 1. The van der Waals surface area contributed by atoms with E-state index in [2.05, 4.69) is 4.98 Å². The number of aryl methyl sites for hydroxylation is 3. The molecule has 1 aliphatic heterocycles. The molecule has 4 aromatic rings. The van der Waals surface area contributed by atoms with Gasteiger partial charge in [-0.3, -0.25) is 14.5 Å². The lowest BCUT2D eigenvalue weighted by Crippen LogP contribution is -2.29. The molecule has 0 bridgehead atoms. The van der Waals surface area contributed by atoms with E-state index in [1.54, 1.807) is 43.3 Å². The number of amides is 1. The molecule has 1 aliphatic rings. The molecule has 1 atom stereocenters. The average molecular weight is 569 g/mol. The minimum atomic E-state index is -0.955. The van der Waals surface area contributed by atoms with Crippen LogP contribution in [0.3, 0.4) is 0 Å². The van der Waals surface area contributed by atoms with Crippen LogP contribution in [0.15, 0.2) is 78.4 Å². The summed E-state index contributed by atoms with van der Waals surface area (Å²) in [6.07, 6.45) is 0. The normalized spacial score (nSPS) is 16.2. The zero-order valence-corrected chi connectivity index (χ0v) is 23.8. The first-order valence-corrected chi connectivity index (χ1v) is 13.7. The van der Waals surface area contributed by atoms with Gasteiger partial charge in [0.05, 0.1) is 24.4 Å². The summed E-state index contributed by atoms with van der Waals surface area (Å²) in [5.41, 5.74) is 4.45. The van der Waals surface area contributed by atoms with Gasteiger partial charge in [-0.15, -0.1) is 0 Å². The minimum Gasteiger partial charge on any atom is -0.507 e. The molecule has 0 spiro atoms. The van der Waals surface area contributed by atoms with Gasteiger partial charge in [-0.05, 0) is 61.7 Å². The first-order valence-electron chi connectivity index (χ1n) is 12.9. The first-order chi connectivity index (χ1) is 19.7. The number of hydrogen-bond donors (Lipinski definition) is 1. The highest BCUT2D eigenvalue weighted by Gasteiger charge is 2.48. The van der Waals surface area contributed by atoms with Gasteiger partial charge in [0.15, 0.2) is 5.13 Å². The summed E-state index contributed by atoms with van der Waals surface area (Å²) < 4.78 is 10.8. The van der Waals surface area contributed by atoms with Gasteiger partial charge in [-0.1, -0.05) is 65.4 Å². The smallest absolute Gasteiger partial charge is 0.350 e. The van der Waals surface area contributed by atoms with Gasteiger partial charge in [0.2, 0.25) is 0 Å². The Balaban J connectivity index is 1.53. The Labute approximate surface area is 241 Å². The molecule has 1 N–H and O–H groups in total. The number of carbonyl (C=O) groups excluding carboxylic acids is 3. The molecule has 5 rings (SSSR count). The summed E-state index contributed by atoms with van der Waals surface area (Å²) in [7, 11) is 1.26. The number of carbonyl (C=O) groups is 3. The molecular formula is C32H28N2O6S. The van der Waals surface area contributed by atoms with Crippen LogP contribution in [0.2, 0.25) is 0 Å². The molecule has 1 unspecified atom stereocenters. The number of Topliss-reactive ketones (excluding diaryl/α,β-unsaturated/α-hetero) is 1. The van der Waals surface area contributed by atoms with Crippen molar-refractivity contribution in [1.82, 2.24) is 4.98 Å². The molecule has 8 nitrogen and oxygen atoms in total. The van der Waals surface area contributed by atoms with Gasteiger partial charge >= 0.3 is 11.9 Å².